The first kappa shape index (κ1) is 17.4. The highest BCUT2D eigenvalue weighted by molar-refractivity contribution is 5.92. The zero-order valence-electron chi connectivity index (χ0n) is 14.4. The molecule has 132 valence electrons. The van der Waals surface area contributed by atoms with Gasteiger partial charge in [0, 0.05) is 43.8 Å². The van der Waals surface area contributed by atoms with Crippen LogP contribution in [0.25, 0.3) is 0 Å². The van der Waals surface area contributed by atoms with Crippen molar-refractivity contribution in [2.24, 2.45) is 0 Å². The van der Waals surface area contributed by atoms with Crippen LogP contribution in [0.15, 0.2) is 48.8 Å². The molecule has 25 heavy (non-hydrogen) atoms. The number of piperazine rings is 1. The van der Waals surface area contributed by atoms with Crippen LogP contribution in [0, 0.1) is 0 Å². The van der Waals surface area contributed by atoms with Gasteiger partial charge >= 0.3 is 0 Å². The maximum absolute atomic E-state index is 12.4. The van der Waals surface area contributed by atoms with Crippen LogP contribution < -0.4 is 15.4 Å². The third-order valence-corrected chi connectivity index (χ3v) is 4.22. The zero-order valence-corrected chi connectivity index (χ0v) is 14.4. The molecule has 2 N–H and O–H groups in total. The Morgan fingerprint density at radius 2 is 2.20 bits per heavy atom. The molecule has 6 heteroatoms. The number of hydrogen-bond acceptors (Lipinski definition) is 5. The van der Waals surface area contributed by atoms with E-state index in [0.29, 0.717) is 13.2 Å². The standard InChI is InChI=1S/C19H24N4O2/c1-2-25-17-7-5-16(6-8-17)22-19(24)14-23-11-10-21-13-18(23)15-4-3-9-20-12-15/h3-9,12,18,21H,2,10-11,13-14H2,1H3,(H,22,24). The predicted octanol–water partition coefficient (Wildman–Crippen LogP) is 2.07. The number of aromatic nitrogens is 1. The smallest absolute Gasteiger partial charge is 0.238 e. The van der Waals surface area contributed by atoms with E-state index < -0.39 is 0 Å². The molecular formula is C19H24N4O2. The summed E-state index contributed by atoms with van der Waals surface area (Å²) in [5, 5.41) is 6.35. The summed E-state index contributed by atoms with van der Waals surface area (Å²) in [6.45, 7) is 5.46. The summed E-state index contributed by atoms with van der Waals surface area (Å²) in [7, 11) is 0. The fourth-order valence-electron chi connectivity index (χ4n) is 3.02. The maximum Gasteiger partial charge on any atom is 0.238 e. The van der Waals surface area contributed by atoms with Gasteiger partial charge in [0.25, 0.3) is 0 Å². The minimum absolute atomic E-state index is 0.0139. The molecule has 0 spiro atoms. The highest BCUT2D eigenvalue weighted by Gasteiger charge is 2.25. The lowest BCUT2D eigenvalue weighted by molar-refractivity contribution is -0.118. The molecule has 1 aliphatic rings. The highest BCUT2D eigenvalue weighted by Crippen LogP contribution is 2.21. The fourth-order valence-corrected chi connectivity index (χ4v) is 3.02. The normalized spacial score (nSPS) is 17.9. The summed E-state index contributed by atoms with van der Waals surface area (Å²) >= 11 is 0. The molecule has 1 aromatic heterocycles. The van der Waals surface area contributed by atoms with Crippen LogP contribution in [-0.4, -0.2) is 48.6 Å². The third-order valence-electron chi connectivity index (χ3n) is 4.22. The average Bonchev–Trinajstić information content (AvgIpc) is 2.65. The van der Waals surface area contributed by atoms with Gasteiger partial charge in [0.2, 0.25) is 5.91 Å². The molecule has 6 nitrogen and oxygen atoms in total. The van der Waals surface area contributed by atoms with E-state index in [-0.39, 0.29) is 11.9 Å². The molecule has 1 atom stereocenters. The molecule has 1 amide bonds. The number of carbonyl (C=O) groups excluding carboxylic acids is 1. The van der Waals surface area contributed by atoms with Crippen molar-refractivity contribution in [3.63, 3.8) is 0 Å². The summed E-state index contributed by atoms with van der Waals surface area (Å²) in [5.74, 6) is 0.791. The second-order valence-corrected chi connectivity index (χ2v) is 5.98. The van der Waals surface area contributed by atoms with Crippen molar-refractivity contribution in [3.8, 4) is 5.75 Å². The van der Waals surface area contributed by atoms with E-state index in [1.807, 2.05) is 43.5 Å². The first-order valence-corrected chi connectivity index (χ1v) is 8.63. The van der Waals surface area contributed by atoms with E-state index >= 15 is 0 Å². The lowest BCUT2D eigenvalue weighted by atomic mass is 10.1. The molecule has 0 saturated carbocycles. The molecule has 3 rings (SSSR count). The van der Waals surface area contributed by atoms with Crippen molar-refractivity contribution in [2.75, 3.05) is 38.1 Å². The number of ether oxygens (including phenoxy) is 1. The number of rotatable bonds is 6. The molecule has 2 aromatic rings. The Morgan fingerprint density at radius 1 is 1.36 bits per heavy atom. The first-order chi connectivity index (χ1) is 12.3. The first-order valence-electron chi connectivity index (χ1n) is 8.63. The van der Waals surface area contributed by atoms with E-state index in [1.165, 1.54) is 0 Å². The number of carbonyl (C=O) groups is 1. The third kappa shape index (κ3) is 4.78. The molecule has 1 fully saturated rings. The van der Waals surface area contributed by atoms with E-state index in [2.05, 4.69) is 26.6 Å². The van der Waals surface area contributed by atoms with Gasteiger partial charge in [0.1, 0.15) is 5.75 Å². The fraction of sp³-hybridized carbons (Fsp3) is 0.368. The average molecular weight is 340 g/mol. The van der Waals surface area contributed by atoms with Gasteiger partial charge in [-0.3, -0.25) is 14.7 Å². The van der Waals surface area contributed by atoms with Gasteiger partial charge in [-0.2, -0.15) is 0 Å². The van der Waals surface area contributed by atoms with E-state index in [9.17, 15) is 4.79 Å². The molecule has 1 unspecified atom stereocenters. The molecule has 2 heterocycles. The zero-order chi connectivity index (χ0) is 17.5. The Hall–Kier alpha value is -2.44. The summed E-state index contributed by atoms with van der Waals surface area (Å²) in [4.78, 5) is 18.8. The van der Waals surface area contributed by atoms with Gasteiger partial charge in [-0.1, -0.05) is 6.07 Å². The van der Waals surface area contributed by atoms with Gasteiger partial charge in [-0.25, -0.2) is 0 Å². The van der Waals surface area contributed by atoms with Crippen LogP contribution in [0.1, 0.15) is 18.5 Å². The minimum atomic E-state index is -0.0139. The number of anilines is 1. The summed E-state index contributed by atoms with van der Waals surface area (Å²) in [6.07, 6.45) is 3.64. The van der Waals surface area contributed by atoms with Crippen LogP contribution in [-0.2, 0) is 4.79 Å². The van der Waals surface area contributed by atoms with Gasteiger partial charge < -0.3 is 15.4 Å². The van der Waals surface area contributed by atoms with Crippen LogP contribution in [0.3, 0.4) is 0 Å². The van der Waals surface area contributed by atoms with Crippen molar-refractivity contribution in [1.29, 1.82) is 0 Å². The molecule has 1 aromatic carbocycles. The van der Waals surface area contributed by atoms with Crippen molar-refractivity contribution in [2.45, 2.75) is 13.0 Å². The minimum Gasteiger partial charge on any atom is -0.494 e. The van der Waals surface area contributed by atoms with E-state index in [1.54, 1.807) is 6.20 Å². The number of benzene rings is 1. The highest BCUT2D eigenvalue weighted by atomic mass is 16.5. The van der Waals surface area contributed by atoms with Crippen molar-refractivity contribution in [1.82, 2.24) is 15.2 Å². The molecule has 1 saturated heterocycles. The Balaban J connectivity index is 1.60. The number of amides is 1. The number of pyridine rings is 1. The summed E-state index contributed by atoms with van der Waals surface area (Å²) < 4.78 is 5.42. The van der Waals surface area contributed by atoms with Crippen molar-refractivity contribution >= 4 is 11.6 Å². The lowest BCUT2D eigenvalue weighted by Crippen LogP contribution is -2.48. The van der Waals surface area contributed by atoms with Crippen LogP contribution >= 0.6 is 0 Å². The maximum atomic E-state index is 12.4. The molecule has 0 aliphatic carbocycles. The van der Waals surface area contributed by atoms with Gasteiger partial charge in [-0.15, -0.1) is 0 Å². The largest absolute Gasteiger partial charge is 0.494 e. The Bertz CT molecular complexity index is 676. The van der Waals surface area contributed by atoms with E-state index in [0.717, 1.165) is 36.6 Å². The lowest BCUT2D eigenvalue weighted by Gasteiger charge is -2.35. The Kier molecular flexibility index (Phi) is 5.98. The van der Waals surface area contributed by atoms with Gasteiger partial charge in [0.05, 0.1) is 13.2 Å². The Morgan fingerprint density at radius 3 is 2.92 bits per heavy atom. The van der Waals surface area contributed by atoms with Gasteiger partial charge in [0.15, 0.2) is 0 Å². The monoisotopic (exact) mass is 340 g/mol. The summed E-state index contributed by atoms with van der Waals surface area (Å²) in [6, 6.07) is 11.6. The molecule has 1 aliphatic heterocycles. The van der Waals surface area contributed by atoms with Gasteiger partial charge in [-0.05, 0) is 42.8 Å². The van der Waals surface area contributed by atoms with Crippen LogP contribution in [0.5, 0.6) is 5.75 Å². The predicted molar refractivity (Wildman–Crippen MR) is 97.7 cm³/mol. The SMILES string of the molecule is CCOc1ccc(NC(=O)CN2CCNCC2c2cccnc2)cc1. The Labute approximate surface area is 148 Å². The second-order valence-electron chi connectivity index (χ2n) is 5.98. The quantitative estimate of drug-likeness (QED) is 0.843. The molecule has 0 radical (unpaired) electrons. The molecular weight excluding hydrogens is 316 g/mol. The van der Waals surface area contributed by atoms with Crippen molar-refractivity contribution < 1.29 is 9.53 Å². The molecule has 0 bridgehead atoms. The summed E-state index contributed by atoms with van der Waals surface area (Å²) in [5.41, 5.74) is 1.91. The van der Waals surface area contributed by atoms with E-state index in [4.69, 9.17) is 4.74 Å². The van der Waals surface area contributed by atoms with Crippen LogP contribution in [0.2, 0.25) is 0 Å². The van der Waals surface area contributed by atoms with Crippen molar-refractivity contribution in [3.05, 3.63) is 54.4 Å². The van der Waals surface area contributed by atoms with Crippen LogP contribution in [0.4, 0.5) is 5.69 Å². The number of nitrogens with one attached hydrogen (secondary N) is 2. The second kappa shape index (κ2) is 8.60. The number of hydrogen-bond donors (Lipinski definition) is 2. The number of nitrogens with zero attached hydrogens (tertiary/aromatic N) is 2. The topological polar surface area (TPSA) is 66.5 Å².